The van der Waals surface area contributed by atoms with Crippen LogP contribution in [0, 0.1) is 0 Å². The fourth-order valence-corrected chi connectivity index (χ4v) is 9.91. The van der Waals surface area contributed by atoms with Crippen LogP contribution in [0.15, 0.2) is 133 Å². The highest BCUT2D eigenvalue weighted by Gasteiger charge is 2.65. The molecule has 0 N–H and O–H groups in total. The van der Waals surface area contributed by atoms with Crippen molar-refractivity contribution in [2.75, 3.05) is 0 Å². The van der Waals surface area contributed by atoms with Crippen molar-refractivity contribution in [1.82, 2.24) is 0 Å². The molecule has 12 rings (SSSR count). The highest BCUT2D eigenvalue weighted by Crippen LogP contribution is 2.80. The maximum absolute atomic E-state index is 2.43. The quantitative estimate of drug-likeness (QED) is 0.186. The third-order valence-corrected chi connectivity index (χ3v) is 11.6. The number of hydrogen-bond donors (Lipinski definition) is 0. The van der Waals surface area contributed by atoms with Crippen molar-refractivity contribution in [1.29, 1.82) is 0 Å². The van der Waals surface area contributed by atoms with E-state index in [1.165, 1.54) is 59.8 Å². The molecule has 8 aromatic carbocycles. The Kier molecular flexibility index (Phi) is 3.79. The average molecular weight is 555 g/mol. The molecule has 4 unspecified atom stereocenters. The maximum atomic E-state index is 2.43. The summed E-state index contributed by atoms with van der Waals surface area (Å²) in [6, 6.07) is 50.4. The second kappa shape index (κ2) is 7.47. The Hall–Kier alpha value is -5.20. The van der Waals surface area contributed by atoms with Gasteiger partial charge in [0.25, 0.3) is 0 Å². The minimum atomic E-state index is 0.325. The molecular formula is C44H26. The number of fused-ring (bicyclic) bond motifs is 10. The van der Waals surface area contributed by atoms with Crippen molar-refractivity contribution in [2.45, 2.75) is 23.7 Å². The van der Waals surface area contributed by atoms with E-state index in [0.29, 0.717) is 23.7 Å². The van der Waals surface area contributed by atoms with E-state index in [4.69, 9.17) is 0 Å². The van der Waals surface area contributed by atoms with E-state index in [-0.39, 0.29) is 0 Å². The lowest BCUT2D eigenvalue weighted by atomic mass is 9.71. The molecule has 0 nitrogen and oxygen atoms in total. The van der Waals surface area contributed by atoms with Crippen molar-refractivity contribution >= 4 is 43.1 Å². The topological polar surface area (TPSA) is 0 Å². The summed E-state index contributed by atoms with van der Waals surface area (Å²) in [4.78, 5) is 0. The van der Waals surface area contributed by atoms with Gasteiger partial charge in [-0.25, -0.2) is 0 Å². The minimum Gasteiger partial charge on any atom is -0.0619 e. The summed E-state index contributed by atoms with van der Waals surface area (Å²) < 4.78 is 0. The first-order valence-electron chi connectivity index (χ1n) is 16.0. The van der Waals surface area contributed by atoms with Crippen molar-refractivity contribution in [3.8, 4) is 11.1 Å². The van der Waals surface area contributed by atoms with E-state index in [1.54, 1.807) is 38.9 Å². The Balaban J connectivity index is 1.15. The highest BCUT2D eigenvalue weighted by atomic mass is 14.7. The highest BCUT2D eigenvalue weighted by molar-refractivity contribution is 6.08. The standard InChI is InChI=1S/C44H26/c1-5-15-27-23(11-1)21-24-12-2-6-16-28(24)33(27)35-31-19-9-10-20-32(31)36-39-38(35)43(39)42-37(41-40(36)44(41)42)34-29-17-7-3-13-25(29)22-26-14-4-8-18-30(26)34/h1-22,35,37-38,41H. The molecule has 0 saturated heterocycles. The van der Waals surface area contributed by atoms with Gasteiger partial charge in [-0.05, 0) is 111 Å². The molecule has 0 heteroatoms. The first-order valence-corrected chi connectivity index (χ1v) is 16.0. The molecule has 0 aromatic heterocycles. The van der Waals surface area contributed by atoms with E-state index in [1.807, 2.05) is 0 Å². The molecular weight excluding hydrogens is 528 g/mol. The summed E-state index contributed by atoms with van der Waals surface area (Å²) >= 11 is 0. The van der Waals surface area contributed by atoms with Gasteiger partial charge in [-0.15, -0.1) is 0 Å². The van der Waals surface area contributed by atoms with Gasteiger partial charge in [-0.1, -0.05) is 121 Å². The van der Waals surface area contributed by atoms with Crippen molar-refractivity contribution in [2.24, 2.45) is 0 Å². The molecule has 0 bridgehead atoms. The Morgan fingerprint density at radius 1 is 0.295 bits per heavy atom. The van der Waals surface area contributed by atoms with Crippen molar-refractivity contribution in [3.05, 3.63) is 178 Å². The molecule has 0 heterocycles. The Morgan fingerprint density at radius 2 is 0.659 bits per heavy atom. The molecule has 44 heavy (non-hydrogen) atoms. The van der Waals surface area contributed by atoms with Gasteiger partial charge in [0.05, 0.1) is 0 Å². The lowest BCUT2D eigenvalue weighted by Crippen LogP contribution is -2.15. The molecule has 0 amide bonds. The Bertz CT molecular complexity index is 2530. The van der Waals surface area contributed by atoms with Crippen LogP contribution in [0.5, 0.6) is 0 Å². The molecule has 0 saturated carbocycles. The first kappa shape index (κ1) is 22.4. The summed E-state index contributed by atoms with van der Waals surface area (Å²) in [6.07, 6.45) is 0. The van der Waals surface area contributed by atoms with Crippen LogP contribution in [0.3, 0.4) is 0 Å². The number of hydrogen-bond acceptors (Lipinski definition) is 0. The van der Waals surface area contributed by atoms with E-state index < -0.39 is 0 Å². The summed E-state index contributed by atoms with van der Waals surface area (Å²) in [5, 5.41) is 11.1. The molecule has 0 spiro atoms. The molecule has 202 valence electrons. The molecule has 4 atom stereocenters. The summed E-state index contributed by atoms with van der Waals surface area (Å²) in [5.74, 6) is 1.82. The Morgan fingerprint density at radius 3 is 1.18 bits per heavy atom. The fraction of sp³-hybridized carbons (Fsp3) is 0.0909. The van der Waals surface area contributed by atoms with Crippen LogP contribution in [0.2, 0.25) is 0 Å². The van der Waals surface area contributed by atoms with Crippen LogP contribution >= 0.6 is 0 Å². The first-order chi connectivity index (χ1) is 21.9. The van der Waals surface area contributed by atoms with E-state index in [2.05, 4.69) is 133 Å². The second-order valence-corrected chi connectivity index (χ2v) is 13.4. The van der Waals surface area contributed by atoms with Gasteiger partial charge in [0.1, 0.15) is 0 Å². The van der Waals surface area contributed by atoms with E-state index in [0.717, 1.165) is 0 Å². The van der Waals surface area contributed by atoms with Crippen LogP contribution in [0.1, 0.15) is 68.2 Å². The summed E-state index contributed by atoms with van der Waals surface area (Å²) in [5.41, 5.74) is 16.0. The van der Waals surface area contributed by atoms with Gasteiger partial charge in [-0.3, -0.25) is 0 Å². The molecule has 0 fully saturated rings. The van der Waals surface area contributed by atoms with Crippen LogP contribution in [0.25, 0.3) is 54.2 Å². The lowest BCUT2D eigenvalue weighted by Gasteiger charge is -2.31. The average Bonchev–Trinajstić information content (AvgIpc) is 3.97. The van der Waals surface area contributed by atoms with Crippen LogP contribution in [-0.4, -0.2) is 0 Å². The van der Waals surface area contributed by atoms with Crippen molar-refractivity contribution in [3.63, 3.8) is 0 Å². The normalized spacial score (nSPS) is 21.2. The molecule has 8 aromatic rings. The monoisotopic (exact) mass is 554 g/mol. The van der Waals surface area contributed by atoms with Gasteiger partial charge < -0.3 is 0 Å². The van der Waals surface area contributed by atoms with Crippen LogP contribution in [-0.2, 0) is 0 Å². The predicted molar refractivity (Wildman–Crippen MR) is 182 cm³/mol. The summed E-state index contributed by atoms with van der Waals surface area (Å²) in [7, 11) is 0. The minimum absolute atomic E-state index is 0.325. The number of rotatable bonds is 2. The zero-order valence-corrected chi connectivity index (χ0v) is 24.0. The third-order valence-electron chi connectivity index (χ3n) is 11.6. The van der Waals surface area contributed by atoms with Gasteiger partial charge in [0, 0.05) is 23.7 Å². The Labute approximate surface area is 255 Å². The second-order valence-electron chi connectivity index (χ2n) is 13.4. The van der Waals surface area contributed by atoms with Crippen LogP contribution in [0.4, 0.5) is 0 Å². The lowest BCUT2D eigenvalue weighted by molar-refractivity contribution is 0.712. The van der Waals surface area contributed by atoms with E-state index in [9.17, 15) is 0 Å². The van der Waals surface area contributed by atoms with Crippen LogP contribution < -0.4 is 0 Å². The molecule has 0 radical (unpaired) electrons. The van der Waals surface area contributed by atoms with Gasteiger partial charge in [0.2, 0.25) is 0 Å². The van der Waals surface area contributed by atoms with Crippen molar-refractivity contribution < 1.29 is 0 Å². The molecule has 0 aliphatic heterocycles. The molecule has 4 aliphatic rings. The zero-order chi connectivity index (χ0) is 28.3. The van der Waals surface area contributed by atoms with Gasteiger partial charge in [0.15, 0.2) is 0 Å². The fourth-order valence-electron chi connectivity index (χ4n) is 9.91. The third kappa shape index (κ3) is 2.48. The molecule has 4 aliphatic carbocycles. The van der Waals surface area contributed by atoms with Gasteiger partial charge >= 0.3 is 0 Å². The zero-order valence-electron chi connectivity index (χ0n) is 24.0. The van der Waals surface area contributed by atoms with Gasteiger partial charge in [-0.2, -0.15) is 0 Å². The summed E-state index contributed by atoms with van der Waals surface area (Å²) in [6.45, 7) is 0. The smallest absolute Gasteiger partial charge is 0.0218 e. The maximum Gasteiger partial charge on any atom is 0.0218 e. The number of benzene rings is 8. The SMILES string of the molecule is c1ccc2c(c1)-c1c3c(c4c5c1C5C4c1c4ccccc4cc4ccccc14)C3C2c1c2ccccc2cc2ccccc12. The largest absolute Gasteiger partial charge is 0.0619 e. The van der Waals surface area contributed by atoms with E-state index >= 15 is 0 Å². The predicted octanol–water partition coefficient (Wildman–Crippen LogP) is 11.1.